The fourth-order valence-electron chi connectivity index (χ4n) is 3.81. The first-order chi connectivity index (χ1) is 14.3. The highest BCUT2D eigenvalue weighted by molar-refractivity contribution is 5.93. The summed E-state index contributed by atoms with van der Waals surface area (Å²) in [5, 5.41) is 14.4. The van der Waals surface area contributed by atoms with Gasteiger partial charge < -0.3 is 15.5 Å². The lowest BCUT2D eigenvalue weighted by molar-refractivity contribution is 0.0929. The normalized spacial score (nSPS) is 13.5. The van der Waals surface area contributed by atoms with Crippen molar-refractivity contribution in [2.24, 2.45) is 0 Å². The highest BCUT2D eigenvalue weighted by Gasteiger charge is 2.25. The van der Waals surface area contributed by atoms with Crippen LogP contribution in [0.3, 0.4) is 0 Å². The van der Waals surface area contributed by atoms with Crippen molar-refractivity contribution < 1.29 is 9.59 Å². The molecule has 2 heterocycles. The van der Waals surface area contributed by atoms with E-state index in [1.165, 1.54) is 0 Å². The summed E-state index contributed by atoms with van der Waals surface area (Å²) in [6.07, 6.45) is 2.48. The minimum Gasteiger partial charge on any atom is -0.348 e. The second-order valence-corrected chi connectivity index (χ2v) is 8.11. The average molecular weight is 413 g/mol. The van der Waals surface area contributed by atoms with E-state index in [-0.39, 0.29) is 24.0 Å². The number of rotatable bonds is 6. The lowest BCUT2D eigenvalue weighted by Crippen LogP contribution is -2.45. The Labute approximate surface area is 178 Å². The predicted molar refractivity (Wildman–Crippen MR) is 116 cm³/mol. The van der Waals surface area contributed by atoms with Crippen LogP contribution in [0.25, 0.3) is 5.69 Å². The predicted octanol–water partition coefficient (Wildman–Crippen LogP) is 2.97. The zero-order valence-electron chi connectivity index (χ0n) is 18.5. The van der Waals surface area contributed by atoms with Crippen LogP contribution in [0.4, 0.5) is 4.79 Å². The van der Waals surface area contributed by atoms with Crippen LogP contribution in [0.2, 0.25) is 0 Å². The molecule has 1 aliphatic heterocycles. The summed E-state index contributed by atoms with van der Waals surface area (Å²) in [7, 11) is 0. The smallest absolute Gasteiger partial charge is 0.317 e. The SMILES string of the molecule is CCC(CC)NC(=O)c1nnn(-c2cccc3c2CCN(C(=O)NC(C)C)C3)c1C. The zero-order chi connectivity index (χ0) is 21.8. The Kier molecular flexibility index (Phi) is 6.74. The lowest BCUT2D eigenvalue weighted by Gasteiger charge is -2.30. The van der Waals surface area contributed by atoms with Gasteiger partial charge in [-0.15, -0.1) is 5.10 Å². The molecule has 1 aromatic heterocycles. The van der Waals surface area contributed by atoms with Gasteiger partial charge in [-0.1, -0.05) is 31.2 Å². The first-order valence-corrected chi connectivity index (χ1v) is 10.7. The number of carbonyl (C=O) groups is 2. The van der Waals surface area contributed by atoms with Crippen LogP contribution in [-0.4, -0.2) is 50.5 Å². The van der Waals surface area contributed by atoms with E-state index in [0.29, 0.717) is 24.5 Å². The van der Waals surface area contributed by atoms with Crippen LogP contribution >= 0.6 is 0 Å². The molecule has 8 heteroatoms. The van der Waals surface area contributed by atoms with Crippen molar-refractivity contribution in [1.82, 2.24) is 30.5 Å². The van der Waals surface area contributed by atoms with Gasteiger partial charge in [-0.2, -0.15) is 0 Å². The summed E-state index contributed by atoms with van der Waals surface area (Å²) in [5.41, 5.74) is 4.23. The minimum absolute atomic E-state index is 0.0432. The Morgan fingerprint density at radius 2 is 1.90 bits per heavy atom. The van der Waals surface area contributed by atoms with Crippen molar-refractivity contribution in [3.63, 3.8) is 0 Å². The number of nitrogens with one attached hydrogen (secondary N) is 2. The lowest BCUT2D eigenvalue weighted by atomic mass is 9.98. The number of nitrogens with zero attached hydrogens (tertiary/aromatic N) is 4. The van der Waals surface area contributed by atoms with E-state index in [0.717, 1.165) is 36.1 Å². The number of hydrogen-bond donors (Lipinski definition) is 2. The number of benzene rings is 1. The first kappa shape index (κ1) is 21.8. The molecule has 2 N–H and O–H groups in total. The number of aromatic nitrogens is 3. The molecule has 0 spiro atoms. The maximum absolute atomic E-state index is 12.7. The molecule has 0 fully saturated rings. The molecule has 0 radical (unpaired) electrons. The molecule has 2 aromatic rings. The van der Waals surface area contributed by atoms with Gasteiger partial charge in [-0.05, 0) is 57.2 Å². The minimum atomic E-state index is -0.186. The Morgan fingerprint density at radius 1 is 1.17 bits per heavy atom. The van der Waals surface area contributed by atoms with Crippen molar-refractivity contribution in [3.05, 3.63) is 40.7 Å². The molecule has 0 saturated heterocycles. The highest BCUT2D eigenvalue weighted by atomic mass is 16.2. The summed E-state index contributed by atoms with van der Waals surface area (Å²) >= 11 is 0. The third kappa shape index (κ3) is 4.47. The van der Waals surface area contributed by atoms with Gasteiger partial charge in [-0.25, -0.2) is 9.48 Å². The van der Waals surface area contributed by atoms with E-state index < -0.39 is 0 Å². The molecule has 8 nitrogen and oxygen atoms in total. The van der Waals surface area contributed by atoms with Crippen LogP contribution in [-0.2, 0) is 13.0 Å². The number of fused-ring (bicyclic) bond motifs is 1. The summed E-state index contributed by atoms with van der Waals surface area (Å²) in [5.74, 6) is -0.186. The third-order valence-electron chi connectivity index (χ3n) is 5.60. The summed E-state index contributed by atoms with van der Waals surface area (Å²) in [4.78, 5) is 26.9. The zero-order valence-corrected chi connectivity index (χ0v) is 18.5. The number of urea groups is 1. The molecule has 30 heavy (non-hydrogen) atoms. The molecule has 3 amide bonds. The van der Waals surface area contributed by atoms with Gasteiger partial charge >= 0.3 is 6.03 Å². The van der Waals surface area contributed by atoms with Gasteiger partial charge in [0, 0.05) is 25.2 Å². The van der Waals surface area contributed by atoms with Crippen LogP contribution < -0.4 is 10.6 Å². The fraction of sp³-hybridized carbons (Fsp3) is 0.545. The van der Waals surface area contributed by atoms with Gasteiger partial charge in [0.2, 0.25) is 0 Å². The number of hydrogen-bond acceptors (Lipinski definition) is 4. The molecule has 1 aromatic carbocycles. The van der Waals surface area contributed by atoms with Gasteiger partial charge in [0.05, 0.1) is 11.4 Å². The quantitative estimate of drug-likeness (QED) is 0.763. The molecule has 0 bridgehead atoms. The molecule has 0 aliphatic carbocycles. The molecular weight excluding hydrogens is 380 g/mol. The monoisotopic (exact) mass is 412 g/mol. The first-order valence-electron chi connectivity index (χ1n) is 10.7. The Bertz CT molecular complexity index is 916. The van der Waals surface area contributed by atoms with E-state index in [2.05, 4.69) is 34.8 Å². The van der Waals surface area contributed by atoms with E-state index in [9.17, 15) is 9.59 Å². The molecule has 0 atom stereocenters. The Hall–Kier alpha value is -2.90. The van der Waals surface area contributed by atoms with Gasteiger partial charge in [0.1, 0.15) is 0 Å². The Morgan fingerprint density at radius 3 is 2.57 bits per heavy atom. The van der Waals surface area contributed by atoms with Crippen molar-refractivity contribution >= 4 is 11.9 Å². The maximum Gasteiger partial charge on any atom is 0.317 e. The second-order valence-electron chi connectivity index (χ2n) is 8.11. The molecule has 0 unspecified atom stereocenters. The number of carbonyl (C=O) groups excluding carboxylic acids is 2. The largest absolute Gasteiger partial charge is 0.348 e. The number of amides is 3. The molecule has 162 valence electrons. The van der Waals surface area contributed by atoms with Crippen LogP contribution in [0, 0.1) is 6.92 Å². The van der Waals surface area contributed by atoms with Crippen LogP contribution in [0.1, 0.15) is 67.8 Å². The molecule has 3 rings (SSSR count). The molecular formula is C22H32N6O2. The van der Waals surface area contributed by atoms with Crippen molar-refractivity contribution in [2.45, 2.75) is 72.5 Å². The second kappa shape index (κ2) is 9.28. The third-order valence-corrected chi connectivity index (χ3v) is 5.60. The van der Waals surface area contributed by atoms with Crippen molar-refractivity contribution in [2.75, 3.05) is 6.54 Å². The van der Waals surface area contributed by atoms with Gasteiger partial charge in [0.25, 0.3) is 5.91 Å². The standard InChI is InChI=1S/C22H32N6O2/c1-6-17(7-2)24-21(29)20-15(5)28(26-25-20)19-10-8-9-16-13-27(12-11-18(16)19)22(30)23-14(3)4/h8-10,14,17H,6-7,11-13H2,1-5H3,(H,23,30)(H,24,29). The van der Waals surface area contributed by atoms with Gasteiger partial charge in [-0.3, -0.25) is 4.79 Å². The van der Waals surface area contributed by atoms with Crippen LogP contribution in [0.15, 0.2) is 18.2 Å². The summed E-state index contributed by atoms with van der Waals surface area (Å²) in [6, 6.07) is 6.19. The fourth-order valence-corrected chi connectivity index (χ4v) is 3.81. The Balaban J connectivity index is 1.85. The van der Waals surface area contributed by atoms with E-state index in [1.54, 1.807) is 4.68 Å². The maximum atomic E-state index is 12.7. The van der Waals surface area contributed by atoms with Crippen molar-refractivity contribution in [3.8, 4) is 5.69 Å². The topological polar surface area (TPSA) is 92.2 Å². The summed E-state index contributed by atoms with van der Waals surface area (Å²) in [6.45, 7) is 11.1. The molecule has 0 saturated carbocycles. The van der Waals surface area contributed by atoms with E-state index in [4.69, 9.17) is 0 Å². The van der Waals surface area contributed by atoms with Gasteiger partial charge in [0.15, 0.2) is 5.69 Å². The molecule has 1 aliphatic rings. The average Bonchev–Trinajstić information content (AvgIpc) is 3.11. The highest BCUT2D eigenvalue weighted by Crippen LogP contribution is 2.26. The van der Waals surface area contributed by atoms with E-state index >= 15 is 0 Å². The van der Waals surface area contributed by atoms with E-state index in [1.807, 2.05) is 43.9 Å². The van der Waals surface area contributed by atoms with Crippen LogP contribution in [0.5, 0.6) is 0 Å². The van der Waals surface area contributed by atoms with Crippen molar-refractivity contribution in [1.29, 1.82) is 0 Å². The summed E-state index contributed by atoms with van der Waals surface area (Å²) < 4.78 is 1.74.